The van der Waals surface area contributed by atoms with Gasteiger partial charge < -0.3 is 20.5 Å². The average Bonchev–Trinajstić information content (AvgIpc) is 2.69. The second-order valence-corrected chi connectivity index (χ2v) is 8.12. The highest BCUT2D eigenvalue weighted by Crippen LogP contribution is 2.25. The SMILES string of the molecule is C#CN(C(=O)C(CO)NC(=O)OC(C)(C)C)C(C(=O)NCCCC)c1ccccc1C. The molecule has 2 atom stereocenters. The number of unbranched alkanes of at least 4 members (excludes halogenated alkanes) is 1. The molecule has 0 aliphatic heterocycles. The Bertz CT molecular complexity index is 810. The minimum Gasteiger partial charge on any atom is -0.444 e. The van der Waals surface area contributed by atoms with Crippen LogP contribution in [0.25, 0.3) is 0 Å². The summed E-state index contributed by atoms with van der Waals surface area (Å²) in [5.41, 5.74) is 0.533. The summed E-state index contributed by atoms with van der Waals surface area (Å²) in [4.78, 5) is 39.2. The Balaban J connectivity index is 3.22. The molecule has 0 aliphatic rings. The van der Waals surface area contributed by atoms with Gasteiger partial charge in [0.2, 0.25) is 5.91 Å². The van der Waals surface area contributed by atoms with Gasteiger partial charge in [-0.1, -0.05) is 44.0 Å². The van der Waals surface area contributed by atoms with Crippen molar-refractivity contribution in [3.8, 4) is 12.5 Å². The number of aliphatic hydroxyl groups is 1. The number of hydrogen-bond acceptors (Lipinski definition) is 5. The molecule has 3 amide bonds. The summed E-state index contributed by atoms with van der Waals surface area (Å²) < 4.78 is 5.15. The van der Waals surface area contributed by atoms with E-state index < -0.39 is 42.2 Å². The van der Waals surface area contributed by atoms with Gasteiger partial charge in [0.15, 0.2) is 0 Å². The number of rotatable bonds is 9. The fourth-order valence-corrected chi connectivity index (χ4v) is 2.84. The van der Waals surface area contributed by atoms with E-state index in [1.165, 1.54) is 0 Å². The molecule has 0 fully saturated rings. The fraction of sp³-hybridized carbons (Fsp3) is 0.522. The van der Waals surface area contributed by atoms with E-state index in [-0.39, 0.29) is 0 Å². The average molecular weight is 432 g/mol. The zero-order chi connectivity index (χ0) is 23.6. The molecule has 0 heterocycles. The number of alkyl carbamates (subject to hydrolysis) is 1. The highest BCUT2D eigenvalue weighted by atomic mass is 16.6. The standard InChI is InChI=1S/C23H33N3O5/c1-7-9-14-24-20(28)19(17-13-11-10-12-16(17)3)26(8-2)21(29)18(15-27)25-22(30)31-23(4,5)6/h2,10-13,18-19,27H,7,9,14-15H2,1,3-6H3,(H,24,28)(H,25,30). The van der Waals surface area contributed by atoms with Crippen LogP contribution in [0.4, 0.5) is 4.79 Å². The molecule has 0 bridgehead atoms. The largest absolute Gasteiger partial charge is 0.444 e. The Morgan fingerprint density at radius 1 is 1.26 bits per heavy atom. The minimum atomic E-state index is -1.37. The number of aliphatic hydroxyl groups excluding tert-OH is 1. The molecule has 0 aliphatic carbocycles. The van der Waals surface area contributed by atoms with E-state index in [1.807, 2.05) is 26.0 Å². The van der Waals surface area contributed by atoms with Gasteiger partial charge in [0.1, 0.15) is 17.7 Å². The predicted molar refractivity (Wildman–Crippen MR) is 118 cm³/mol. The van der Waals surface area contributed by atoms with Crippen molar-refractivity contribution < 1.29 is 24.2 Å². The smallest absolute Gasteiger partial charge is 0.408 e. The Kier molecular flexibility index (Phi) is 10.0. The summed E-state index contributed by atoms with van der Waals surface area (Å²) in [6.07, 6.45) is 6.41. The third-order valence-electron chi connectivity index (χ3n) is 4.37. The van der Waals surface area contributed by atoms with Gasteiger partial charge in [-0.3, -0.25) is 14.5 Å². The van der Waals surface area contributed by atoms with Crippen molar-refractivity contribution in [1.29, 1.82) is 0 Å². The molecule has 1 aromatic carbocycles. The first-order valence-electron chi connectivity index (χ1n) is 10.3. The van der Waals surface area contributed by atoms with Crippen molar-refractivity contribution in [2.45, 2.75) is 65.1 Å². The number of terminal acetylenes is 1. The number of ether oxygens (including phenoxy) is 1. The van der Waals surface area contributed by atoms with Crippen molar-refractivity contribution in [2.75, 3.05) is 13.2 Å². The number of amides is 3. The molecule has 0 spiro atoms. The van der Waals surface area contributed by atoms with E-state index >= 15 is 0 Å². The van der Waals surface area contributed by atoms with Crippen LogP contribution >= 0.6 is 0 Å². The summed E-state index contributed by atoms with van der Waals surface area (Å²) in [7, 11) is 0. The maximum Gasteiger partial charge on any atom is 0.408 e. The van der Waals surface area contributed by atoms with E-state index in [2.05, 4.69) is 16.7 Å². The number of aryl methyl sites for hydroxylation is 1. The van der Waals surface area contributed by atoms with Crippen molar-refractivity contribution in [3.63, 3.8) is 0 Å². The molecule has 31 heavy (non-hydrogen) atoms. The fourth-order valence-electron chi connectivity index (χ4n) is 2.84. The number of carbonyl (C=O) groups is 3. The number of benzene rings is 1. The minimum absolute atomic E-state index is 0.434. The Morgan fingerprint density at radius 2 is 1.90 bits per heavy atom. The van der Waals surface area contributed by atoms with Gasteiger partial charge in [-0.15, -0.1) is 0 Å². The van der Waals surface area contributed by atoms with Crippen LogP contribution in [0.15, 0.2) is 24.3 Å². The predicted octanol–water partition coefficient (Wildman–Crippen LogP) is 2.26. The van der Waals surface area contributed by atoms with Gasteiger partial charge >= 0.3 is 6.09 Å². The molecule has 1 rings (SSSR count). The lowest BCUT2D eigenvalue weighted by Crippen LogP contribution is -2.53. The molecule has 0 saturated carbocycles. The molecule has 8 nitrogen and oxygen atoms in total. The molecule has 0 radical (unpaired) electrons. The van der Waals surface area contributed by atoms with Crippen LogP contribution in [-0.2, 0) is 14.3 Å². The van der Waals surface area contributed by atoms with Gasteiger partial charge in [-0.25, -0.2) is 4.79 Å². The van der Waals surface area contributed by atoms with Crippen LogP contribution in [0.2, 0.25) is 0 Å². The highest BCUT2D eigenvalue weighted by Gasteiger charge is 2.36. The van der Waals surface area contributed by atoms with Crippen molar-refractivity contribution in [1.82, 2.24) is 15.5 Å². The van der Waals surface area contributed by atoms with Gasteiger partial charge in [0.05, 0.1) is 6.61 Å². The number of nitrogens with one attached hydrogen (secondary N) is 2. The van der Waals surface area contributed by atoms with Crippen molar-refractivity contribution in [3.05, 3.63) is 35.4 Å². The Morgan fingerprint density at radius 3 is 2.42 bits per heavy atom. The maximum absolute atomic E-state index is 13.1. The van der Waals surface area contributed by atoms with Crippen LogP contribution in [0.3, 0.4) is 0 Å². The Hall–Kier alpha value is -3.05. The summed E-state index contributed by atoms with van der Waals surface area (Å²) in [6.45, 7) is 8.54. The molecule has 1 aromatic rings. The molecule has 8 heteroatoms. The maximum atomic E-state index is 13.1. The van der Waals surface area contributed by atoms with E-state index in [9.17, 15) is 19.5 Å². The lowest BCUT2D eigenvalue weighted by Gasteiger charge is -2.30. The molecule has 0 saturated heterocycles. The van der Waals surface area contributed by atoms with Gasteiger partial charge in [-0.2, -0.15) is 0 Å². The van der Waals surface area contributed by atoms with Crippen molar-refractivity contribution >= 4 is 17.9 Å². The second kappa shape index (κ2) is 12.0. The number of hydrogen-bond donors (Lipinski definition) is 3. The summed E-state index contributed by atoms with van der Waals surface area (Å²) in [5, 5.41) is 14.8. The van der Waals surface area contributed by atoms with Crippen molar-refractivity contribution in [2.24, 2.45) is 0 Å². The molecule has 3 N–H and O–H groups in total. The van der Waals surface area contributed by atoms with Crippen LogP contribution in [0, 0.1) is 19.4 Å². The zero-order valence-corrected chi connectivity index (χ0v) is 18.9. The third kappa shape index (κ3) is 7.95. The lowest BCUT2D eigenvalue weighted by atomic mass is 9.98. The monoisotopic (exact) mass is 431 g/mol. The zero-order valence-electron chi connectivity index (χ0n) is 18.9. The number of nitrogens with zero attached hydrogens (tertiary/aromatic N) is 1. The normalized spacial score (nSPS) is 12.8. The molecule has 0 aromatic heterocycles. The highest BCUT2D eigenvalue weighted by molar-refractivity contribution is 5.93. The van der Waals surface area contributed by atoms with E-state index in [0.29, 0.717) is 12.1 Å². The lowest BCUT2D eigenvalue weighted by molar-refractivity contribution is -0.139. The first-order valence-corrected chi connectivity index (χ1v) is 10.3. The van der Waals surface area contributed by atoms with E-state index in [0.717, 1.165) is 23.3 Å². The molecule has 2 unspecified atom stereocenters. The number of carbonyl (C=O) groups excluding carboxylic acids is 3. The third-order valence-corrected chi connectivity index (χ3v) is 4.37. The summed E-state index contributed by atoms with van der Waals surface area (Å²) in [6, 6.07) is 6.84. The first-order chi connectivity index (χ1) is 14.6. The van der Waals surface area contributed by atoms with E-state index in [4.69, 9.17) is 11.2 Å². The molecule has 170 valence electrons. The van der Waals surface area contributed by atoms with E-state index in [1.54, 1.807) is 32.9 Å². The molecular formula is C23H33N3O5. The first kappa shape index (κ1) is 26.0. The van der Waals surface area contributed by atoms with Crippen LogP contribution in [0.5, 0.6) is 0 Å². The van der Waals surface area contributed by atoms with Crippen LogP contribution in [0.1, 0.15) is 57.7 Å². The summed E-state index contributed by atoms with van der Waals surface area (Å²) in [5.74, 6) is -1.24. The van der Waals surface area contributed by atoms with Crippen LogP contribution in [-0.4, -0.2) is 52.7 Å². The second-order valence-electron chi connectivity index (χ2n) is 8.12. The molecular weight excluding hydrogens is 398 g/mol. The topological polar surface area (TPSA) is 108 Å². The van der Waals surface area contributed by atoms with Gasteiger partial charge in [-0.05, 0) is 45.2 Å². The summed E-state index contributed by atoms with van der Waals surface area (Å²) >= 11 is 0. The van der Waals surface area contributed by atoms with Gasteiger partial charge in [0, 0.05) is 12.6 Å². The van der Waals surface area contributed by atoms with Gasteiger partial charge in [0.25, 0.3) is 5.91 Å². The quantitative estimate of drug-likeness (QED) is 0.316. The van der Waals surface area contributed by atoms with Crippen LogP contribution < -0.4 is 10.6 Å². The Labute approximate surface area is 184 Å².